The van der Waals surface area contributed by atoms with Gasteiger partial charge in [0.1, 0.15) is 5.75 Å². The van der Waals surface area contributed by atoms with Gasteiger partial charge < -0.3 is 10.4 Å². The van der Waals surface area contributed by atoms with Crippen molar-refractivity contribution in [2.75, 3.05) is 0 Å². The molecule has 6 heteroatoms. The maximum absolute atomic E-state index is 11.8. The van der Waals surface area contributed by atoms with Gasteiger partial charge in [-0.3, -0.25) is 4.79 Å². The van der Waals surface area contributed by atoms with Crippen molar-refractivity contribution < 1.29 is 9.90 Å². The summed E-state index contributed by atoms with van der Waals surface area (Å²) in [6.07, 6.45) is 2.32. The molecule has 1 unspecified atom stereocenters. The van der Waals surface area contributed by atoms with Crippen molar-refractivity contribution in [2.45, 2.75) is 25.8 Å². The van der Waals surface area contributed by atoms with Crippen LogP contribution in [0.1, 0.15) is 30.3 Å². The average molecular weight is 298 g/mol. The van der Waals surface area contributed by atoms with Crippen LogP contribution in [0.2, 0.25) is 0 Å². The van der Waals surface area contributed by atoms with E-state index in [1.807, 2.05) is 13.0 Å². The molecular formula is C11H12BrN3O2. The summed E-state index contributed by atoms with van der Waals surface area (Å²) < 4.78 is 0.593. The second-order valence-corrected chi connectivity index (χ2v) is 4.38. The van der Waals surface area contributed by atoms with E-state index < -0.39 is 5.91 Å². The van der Waals surface area contributed by atoms with Crippen LogP contribution in [0.25, 0.3) is 0 Å². The van der Waals surface area contributed by atoms with Crippen LogP contribution < -0.4 is 5.32 Å². The van der Waals surface area contributed by atoms with Crippen molar-refractivity contribution in [1.29, 1.82) is 5.26 Å². The maximum Gasteiger partial charge on any atom is 0.273 e. The van der Waals surface area contributed by atoms with Crippen LogP contribution in [0.5, 0.6) is 5.75 Å². The summed E-state index contributed by atoms with van der Waals surface area (Å²) in [7, 11) is 0. The number of aromatic nitrogens is 1. The number of rotatable bonds is 4. The minimum atomic E-state index is -0.475. The van der Waals surface area contributed by atoms with Gasteiger partial charge in [-0.1, -0.05) is 6.92 Å². The van der Waals surface area contributed by atoms with Gasteiger partial charge in [-0.2, -0.15) is 5.26 Å². The second kappa shape index (κ2) is 6.21. The molecule has 90 valence electrons. The van der Waals surface area contributed by atoms with Crippen molar-refractivity contribution in [2.24, 2.45) is 0 Å². The number of halogens is 1. The number of carbonyl (C=O) groups is 1. The molecule has 0 saturated carbocycles. The van der Waals surface area contributed by atoms with Gasteiger partial charge >= 0.3 is 0 Å². The second-order valence-electron chi connectivity index (χ2n) is 3.46. The number of amides is 1. The lowest BCUT2D eigenvalue weighted by Gasteiger charge is -2.13. The van der Waals surface area contributed by atoms with Crippen LogP contribution in [0.4, 0.5) is 0 Å². The van der Waals surface area contributed by atoms with Crippen molar-refractivity contribution >= 4 is 21.8 Å². The molecule has 2 N–H and O–H groups in total. The summed E-state index contributed by atoms with van der Waals surface area (Å²) in [6, 6.07) is 3.17. The van der Waals surface area contributed by atoms with Crippen molar-refractivity contribution in [1.82, 2.24) is 10.3 Å². The first-order valence-corrected chi connectivity index (χ1v) is 5.90. The van der Waals surface area contributed by atoms with Gasteiger partial charge in [-0.05, 0) is 28.4 Å². The smallest absolute Gasteiger partial charge is 0.273 e. The highest BCUT2D eigenvalue weighted by molar-refractivity contribution is 9.10. The third-order valence-electron chi connectivity index (χ3n) is 2.21. The number of hydrogen-bond acceptors (Lipinski definition) is 4. The van der Waals surface area contributed by atoms with Gasteiger partial charge in [0.15, 0.2) is 5.69 Å². The van der Waals surface area contributed by atoms with Crippen molar-refractivity contribution in [3.8, 4) is 11.8 Å². The Hall–Kier alpha value is -1.61. The van der Waals surface area contributed by atoms with E-state index in [2.05, 4.69) is 26.2 Å². The Morgan fingerprint density at radius 2 is 2.47 bits per heavy atom. The highest BCUT2D eigenvalue weighted by Crippen LogP contribution is 2.19. The van der Waals surface area contributed by atoms with E-state index in [0.717, 1.165) is 0 Å². The molecule has 0 aliphatic rings. The van der Waals surface area contributed by atoms with Gasteiger partial charge in [-0.15, -0.1) is 0 Å². The first-order valence-electron chi connectivity index (χ1n) is 5.10. The molecule has 1 rings (SSSR count). The molecule has 0 aromatic carbocycles. The van der Waals surface area contributed by atoms with Gasteiger partial charge in [0.2, 0.25) is 0 Å². The summed E-state index contributed by atoms with van der Waals surface area (Å²) in [6.45, 7) is 1.87. The van der Waals surface area contributed by atoms with E-state index in [1.165, 1.54) is 12.3 Å². The van der Waals surface area contributed by atoms with Gasteiger partial charge in [0.25, 0.3) is 5.91 Å². The molecule has 1 amide bonds. The topological polar surface area (TPSA) is 86.0 Å². The Labute approximate surface area is 108 Å². The number of aromatic hydroxyl groups is 1. The number of nitrogens with one attached hydrogen (secondary N) is 1. The summed E-state index contributed by atoms with van der Waals surface area (Å²) in [5.74, 6) is -0.666. The molecule has 0 aliphatic heterocycles. The Morgan fingerprint density at radius 3 is 3.00 bits per heavy atom. The fraction of sp³-hybridized carbons (Fsp3) is 0.364. The molecule has 0 saturated heterocycles. The molecule has 17 heavy (non-hydrogen) atoms. The minimum Gasteiger partial charge on any atom is -0.505 e. The van der Waals surface area contributed by atoms with Gasteiger partial charge in [-0.25, -0.2) is 4.98 Å². The zero-order valence-corrected chi connectivity index (χ0v) is 10.9. The highest BCUT2D eigenvalue weighted by atomic mass is 79.9. The van der Waals surface area contributed by atoms with Crippen molar-refractivity contribution in [3.63, 3.8) is 0 Å². The monoisotopic (exact) mass is 297 g/mol. The molecular weight excluding hydrogens is 286 g/mol. The lowest BCUT2D eigenvalue weighted by atomic mass is 10.1. The maximum atomic E-state index is 11.8. The van der Waals surface area contributed by atoms with Crippen LogP contribution >= 0.6 is 15.9 Å². The van der Waals surface area contributed by atoms with E-state index in [-0.39, 0.29) is 23.9 Å². The standard InChI is InChI=1S/C11H12BrN3O2/c1-2-8(3-4-13)15-11(17)10-9(16)5-7(12)6-14-10/h5-6,8,16H,2-3H2,1H3,(H,15,17). The fourth-order valence-electron chi connectivity index (χ4n) is 1.26. The van der Waals surface area contributed by atoms with E-state index in [4.69, 9.17) is 5.26 Å². The third kappa shape index (κ3) is 3.71. The quantitative estimate of drug-likeness (QED) is 0.889. The zero-order valence-electron chi connectivity index (χ0n) is 9.27. The number of nitrogens with zero attached hydrogens (tertiary/aromatic N) is 2. The molecule has 0 spiro atoms. The zero-order chi connectivity index (χ0) is 12.8. The van der Waals surface area contributed by atoms with E-state index in [0.29, 0.717) is 10.9 Å². The number of hydrogen-bond donors (Lipinski definition) is 2. The Bertz CT molecular complexity index is 457. The number of carbonyl (C=O) groups excluding carboxylic acids is 1. The predicted octanol–water partition coefficient (Wildman–Crippen LogP) is 1.97. The van der Waals surface area contributed by atoms with E-state index in [9.17, 15) is 9.90 Å². The Morgan fingerprint density at radius 1 is 1.76 bits per heavy atom. The molecule has 1 atom stereocenters. The lowest BCUT2D eigenvalue weighted by molar-refractivity contribution is 0.0928. The van der Waals surface area contributed by atoms with Crippen LogP contribution in [-0.2, 0) is 0 Å². The molecule has 0 fully saturated rings. The molecule has 1 aromatic heterocycles. The Kier molecular flexibility index (Phi) is 4.91. The molecule has 0 bridgehead atoms. The lowest BCUT2D eigenvalue weighted by Crippen LogP contribution is -2.34. The third-order valence-corrected chi connectivity index (χ3v) is 2.65. The van der Waals surface area contributed by atoms with Crippen molar-refractivity contribution in [3.05, 3.63) is 22.4 Å². The Balaban J connectivity index is 2.79. The summed E-state index contributed by atoms with van der Waals surface area (Å²) >= 11 is 3.14. The normalized spacial score (nSPS) is 11.6. The molecule has 1 aromatic rings. The van der Waals surface area contributed by atoms with Crippen LogP contribution in [-0.4, -0.2) is 22.0 Å². The molecule has 1 heterocycles. The van der Waals surface area contributed by atoms with E-state index in [1.54, 1.807) is 0 Å². The van der Waals surface area contributed by atoms with Crippen LogP contribution in [0.15, 0.2) is 16.7 Å². The summed E-state index contributed by atoms with van der Waals surface area (Å²) in [5, 5.41) is 20.8. The molecule has 0 radical (unpaired) electrons. The summed E-state index contributed by atoms with van der Waals surface area (Å²) in [4.78, 5) is 15.6. The average Bonchev–Trinajstić information content (AvgIpc) is 2.28. The minimum absolute atomic E-state index is 0.0374. The molecule has 0 aliphatic carbocycles. The first-order chi connectivity index (χ1) is 8.08. The largest absolute Gasteiger partial charge is 0.505 e. The fourth-order valence-corrected chi connectivity index (χ4v) is 1.58. The van der Waals surface area contributed by atoms with Crippen LogP contribution in [0, 0.1) is 11.3 Å². The van der Waals surface area contributed by atoms with Gasteiger partial charge in [0, 0.05) is 16.7 Å². The number of pyridine rings is 1. The SMILES string of the molecule is CCC(CC#N)NC(=O)c1ncc(Br)cc1O. The van der Waals surface area contributed by atoms with E-state index >= 15 is 0 Å². The summed E-state index contributed by atoms with van der Waals surface area (Å²) in [5.41, 5.74) is -0.0374. The first kappa shape index (κ1) is 13.5. The van der Waals surface area contributed by atoms with Crippen LogP contribution in [0.3, 0.4) is 0 Å². The van der Waals surface area contributed by atoms with Gasteiger partial charge in [0.05, 0.1) is 12.5 Å². The highest BCUT2D eigenvalue weighted by Gasteiger charge is 2.16. The predicted molar refractivity (Wildman–Crippen MR) is 65.4 cm³/mol. The number of nitriles is 1. The molecule has 5 nitrogen and oxygen atoms in total.